The molecule has 142 valence electrons. The van der Waals surface area contributed by atoms with Gasteiger partial charge in [0.05, 0.1) is 17.4 Å². The standard InChI is InChI=1S/C24H20N4O/c29-24(22-13-19-8-1-2-9-20(19)27-22)25-14-17-6-5-7-18(12-17)15-28-16-26-21-10-3-4-11-23(21)28/h1-13,16,27H,14-15H2,(H,25,29). The highest BCUT2D eigenvalue weighted by Crippen LogP contribution is 2.16. The van der Waals surface area contributed by atoms with E-state index in [1.807, 2.05) is 67.0 Å². The minimum Gasteiger partial charge on any atom is -0.351 e. The van der Waals surface area contributed by atoms with E-state index in [1.165, 1.54) is 5.56 Å². The van der Waals surface area contributed by atoms with Gasteiger partial charge < -0.3 is 14.9 Å². The minimum atomic E-state index is -0.104. The van der Waals surface area contributed by atoms with Gasteiger partial charge in [0.15, 0.2) is 0 Å². The number of imidazole rings is 1. The van der Waals surface area contributed by atoms with Gasteiger partial charge in [0.1, 0.15) is 5.69 Å². The predicted molar refractivity (Wildman–Crippen MR) is 115 cm³/mol. The lowest BCUT2D eigenvalue weighted by molar-refractivity contribution is 0.0946. The number of hydrogen-bond acceptors (Lipinski definition) is 2. The topological polar surface area (TPSA) is 62.7 Å². The number of carbonyl (C=O) groups excluding carboxylic acids is 1. The van der Waals surface area contributed by atoms with Crippen LogP contribution in [0.2, 0.25) is 0 Å². The van der Waals surface area contributed by atoms with Crippen LogP contribution in [-0.4, -0.2) is 20.4 Å². The number of aromatic amines is 1. The lowest BCUT2D eigenvalue weighted by Gasteiger charge is -2.08. The Bertz CT molecular complexity index is 1280. The van der Waals surface area contributed by atoms with Gasteiger partial charge in [-0.15, -0.1) is 0 Å². The van der Waals surface area contributed by atoms with Crippen molar-refractivity contribution in [3.63, 3.8) is 0 Å². The maximum Gasteiger partial charge on any atom is 0.267 e. The van der Waals surface area contributed by atoms with E-state index in [9.17, 15) is 4.79 Å². The van der Waals surface area contributed by atoms with Gasteiger partial charge in [-0.25, -0.2) is 4.98 Å². The molecule has 0 aliphatic carbocycles. The molecule has 2 heterocycles. The number of fused-ring (bicyclic) bond motifs is 2. The fraction of sp³-hybridized carbons (Fsp3) is 0.0833. The van der Waals surface area contributed by atoms with Gasteiger partial charge in [0.25, 0.3) is 5.91 Å². The highest BCUT2D eigenvalue weighted by atomic mass is 16.1. The van der Waals surface area contributed by atoms with Crippen LogP contribution in [0.15, 0.2) is 85.2 Å². The third kappa shape index (κ3) is 3.50. The summed E-state index contributed by atoms with van der Waals surface area (Å²) >= 11 is 0. The number of benzene rings is 3. The van der Waals surface area contributed by atoms with Gasteiger partial charge in [-0.3, -0.25) is 4.79 Å². The summed E-state index contributed by atoms with van der Waals surface area (Å²) in [6.45, 7) is 1.22. The van der Waals surface area contributed by atoms with Crippen molar-refractivity contribution >= 4 is 27.8 Å². The van der Waals surface area contributed by atoms with E-state index in [2.05, 4.69) is 38.1 Å². The molecule has 0 fully saturated rings. The molecule has 0 aliphatic rings. The molecule has 2 aromatic heterocycles. The van der Waals surface area contributed by atoms with Crippen molar-refractivity contribution in [2.75, 3.05) is 0 Å². The molecule has 5 rings (SSSR count). The number of amides is 1. The fourth-order valence-electron chi connectivity index (χ4n) is 3.64. The predicted octanol–water partition coefficient (Wildman–Crippen LogP) is 4.50. The van der Waals surface area contributed by atoms with E-state index in [-0.39, 0.29) is 5.91 Å². The van der Waals surface area contributed by atoms with Gasteiger partial charge in [-0.1, -0.05) is 54.6 Å². The van der Waals surface area contributed by atoms with Gasteiger partial charge >= 0.3 is 0 Å². The van der Waals surface area contributed by atoms with E-state index in [0.29, 0.717) is 12.2 Å². The molecule has 3 aromatic carbocycles. The van der Waals surface area contributed by atoms with Gasteiger partial charge in [0.2, 0.25) is 0 Å². The normalized spacial score (nSPS) is 11.2. The largest absolute Gasteiger partial charge is 0.351 e. The molecular formula is C24H20N4O. The number of carbonyl (C=O) groups is 1. The highest BCUT2D eigenvalue weighted by molar-refractivity contribution is 5.97. The van der Waals surface area contributed by atoms with Crippen molar-refractivity contribution < 1.29 is 4.79 Å². The van der Waals surface area contributed by atoms with Gasteiger partial charge in [-0.2, -0.15) is 0 Å². The second kappa shape index (κ2) is 7.28. The molecule has 0 radical (unpaired) electrons. The maximum absolute atomic E-state index is 12.5. The zero-order valence-electron chi connectivity index (χ0n) is 15.8. The summed E-state index contributed by atoms with van der Waals surface area (Å²) in [5.74, 6) is -0.104. The Morgan fingerprint density at radius 2 is 1.76 bits per heavy atom. The first-order valence-corrected chi connectivity index (χ1v) is 9.60. The Kier molecular flexibility index (Phi) is 4.33. The molecule has 0 aliphatic heterocycles. The summed E-state index contributed by atoms with van der Waals surface area (Å²) in [5, 5.41) is 4.04. The molecule has 0 spiro atoms. The summed E-state index contributed by atoms with van der Waals surface area (Å²) in [4.78, 5) is 20.1. The SMILES string of the molecule is O=C(NCc1cccc(Cn2cnc3ccccc32)c1)c1cc2ccccc2[nH]1. The highest BCUT2D eigenvalue weighted by Gasteiger charge is 2.09. The first kappa shape index (κ1) is 17.3. The number of rotatable bonds is 5. The summed E-state index contributed by atoms with van der Waals surface area (Å²) in [5.41, 5.74) is 5.89. The summed E-state index contributed by atoms with van der Waals surface area (Å²) in [7, 11) is 0. The lowest BCUT2D eigenvalue weighted by Crippen LogP contribution is -2.23. The van der Waals surface area contributed by atoms with E-state index in [4.69, 9.17) is 0 Å². The summed E-state index contributed by atoms with van der Waals surface area (Å²) < 4.78 is 2.14. The summed E-state index contributed by atoms with van der Waals surface area (Å²) in [6.07, 6.45) is 1.87. The third-order valence-corrected chi connectivity index (χ3v) is 5.10. The molecule has 2 N–H and O–H groups in total. The molecule has 5 heteroatoms. The van der Waals surface area contributed by atoms with Crippen LogP contribution in [0.3, 0.4) is 0 Å². The van der Waals surface area contributed by atoms with Gasteiger partial charge in [-0.05, 0) is 35.4 Å². The lowest BCUT2D eigenvalue weighted by atomic mass is 10.1. The number of hydrogen-bond donors (Lipinski definition) is 2. The van der Waals surface area contributed by atoms with Crippen LogP contribution in [0.1, 0.15) is 21.6 Å². The number of aromatic nitrogens is 3. The molecule has 0 saturated heterocycles. The van der Waals surface area contributed by atoms with Crippen LogP contribution in [0.5, 0.6) is 0 Å². The molecule has 29 heavy (non-hydrogen) atoms. The minimum absolute atomic E-state index is 0.104. The number of para-hydroxylation sites is 3. The number of H-pyrrole nitrogens is 1. The first-order valence-electron chi connectivity index (χ1n) is 9.60. The maximum atomic E-state index is 12.5. The van der Waals surface area contributed by atoms with Crippen molar-refractivity contribution in [2.24, 2.45) is 0 Å². The summed E-state index contributed by atoms with van der Waals surface area (Å²) in [6, 6.07) is 26.1. The van der Waals surface area contributed by atoms with E-state index >= 15 is 0 Å². The van der Waals surface area contributed by atoms with Crippen molar-refractivity contribution in [1.29, 1.82) is 0 Å². The van der Waals surface area contributed by atoms with Crippen molar-refractivity contribution in [2.45, 2.75) is 13.1 Å². The number of nitrogens with zero attached hydrogens (tertiary/aromatic N) is 2. The zero-order chi connectivity index (χ0) is 19.6. The van der Waals surface area contributed by atoms with E-state index < -0.39 is 0 Å². The Morgan fingerprint density at radius 3 is 2.69 bits per heavy atom. The molecule has 1 amide bonds. The molecule has 5 aromatic rings. The Hall–Kier alpha value is -3.86. The number of nitrogens with one attached hydrogen (secondary N) is 2. The van der Waals surface area contributed by atoms with Crippen LogP contribution in [-0.2, 0) is 13.1 Å². The first-order chi connectivity index (χ1) is 14.3. The monoisotopic (exact) mass is 380 g/mol. The fourth-order valence-corrected chi connectivity index (χ4v) is 3.64. The third-order valence-electron chi connectivity index (χ3n) is 5.10. The average Bonchev–Trinajstić information content (AvgIpc) is 3.37. The van der Waals surface area contributed by atoms with E-state index in [1.54, 1.807) is 0 Å². The molecule has 0 bridgehead atoms. The van der Waals surface area contributed by atoms with Crippen molar-refractivity contribution in [1.82, 2.24) is 19.9 Å². The van der Waals surface area contributed by atoms with Crippen molar-refractivity contribution in [3.05, 3.63) is 102 Å². The van der Waals surface area contributed by atoms with Crippen LogP contribution >= 0.6 is 0 Å². The van der Waals surface area contributed by atoms with Crippen LogP contribution in [0, 0.1) is 0 Å². The van der Waals surface area contributed by atoms with Crippen LogP contribution < -0.4 is 5.32 Å². The molecule has 5 nitrogen and oxygen atoms in total. The van der Waals surface area contributed by atoms with Gasteiger partial charge in [0, 0.05) is 24.0 Å². The quantitative estimate of drug-likeness (QED) is 0.472. The average molecular weight is 380 g/mol. The molecule has 0 unspecified atom stereocenters. The van der Waals surface area contributed by atoms with Crippen LogP contribution in [0.4, 0.5) is 0 Å². The van der Waals surface area contributed by atoms with Crippen molar-refractivity contribution in [3.8, 4) is 0 Å². The Balaban J connectivity index is 1.29. The smallest absolute Gasteiger partial charge is 0.267 e. The second-order valence-electron chi connectivity index (χ2n) is 7.13. The Labute approximate surface area is 168 Å². The molecule has 0 saturated carbocycles. The zero-order valence-corrected chi connectivity index (χ0v) is 15.8. The van der Waals surface area contributed by atoms with Crippen LogP contribution in [0.25, 0.3) is 21.9 Å². The molecular weight excluding hydrogens is 360 g/mol. The van der Waals surface area contributed by atoms with E-state index in [0.717, 1.165) is 34.0 Å². The Morgan fingerprint density at radius 1 is 0.931 bits per heavy atom. The molecule has 0 atom stereocenters. The second-order valence-corrected chi connectivity index (χ2v) is 7.13.